The van der Waals surface area contributed by atoms with Crippen LogP contribution in [0.5, 0.6) is 0 Å². The summed E-state index contributed by atoms with van der Waals surface area (Å²) in [4.78, 5) is 11.5. The Labute approximate surface area is 150 Å². The van der Waals surface area contributed by atoms with Gasteiger partial charge in [0.05, 0.1) is 0 Å². The summed E-state index contributed by atoms with van der Waals surface area (Å²) in [6.07, 6.45) is 6.24. The first-order valence-corrected chi connectivity index (χ1v) is 9.46. The number of nitrogens with one attached hydrogen (secondary N) is 2. The summed E-state index contributed by atoms with van der Waals surface area (Å²) < 4.78 is 0. The SMILES string of the molecule is CCCCNc1nc(C)cc(Nc2ccc(N3CCCCC3)cc2)n1. The molecule has 1 saturated heterocycles. The highest BCUT2D eigenvalue weighted by molar-refractivity contribution is 5.61. The number of aromatic nitrogens is 2. The van der Waals surface area contributed by atoms with Crippen LogP contribution in [-0.2, 0) is 0 Å². The van der Waals surface area contributed by atoms with E-state index in [0.29, 0.717) is 5.95 Å². The molecule has 0 amide bonds. The average Bonchev–Trinajstić information content (AvgIpc) is 2.63. The summed E-state index contributed by atoms with van der Waals surface area (Å²) in [6, 6.07) is 10.6. The molecule has 5 nitrogen and oxygen atoms in total. The van der Waals surface area contributed by atoms with E-state index in [1.807, 2.05) is 13.0 Å². The van der Waals surface area contributed by atoms with Gasteiger partial charge in [0.25, 0.3) is 0 Å². The van der Waals surface area contributed by atoms with Gasteiger partial charge in [0.15, 0.2) is 0 Å². The molecule has 0 atom stereocenters. The predicted molar refractivity (Wildman–Crippen MR) is 106 cm³/mol. The fraction of sp³-hybridized carbons (Fsp3) is 0.500. The van der Waals surface area contributed by atoms with Gasteiger partial charge in [-0.1, -0.05) is 13.3 Å². The molecular formula is C20H29N5. The van der Waals surface area contributed by atoms with Gasteiger partial charge in [-0.05, 0) is 56.9 Å². The van der Waals surface area contributed by atoms with E-state index in [-0.39, 0.29) is 0 Å². The van der Waals surface area contributed by atoms with Gasteiger partial charge in [0, 0.05) is 42.8 Å². The van der Waals surface area contributed by atoms with Crippen molar-refractivity contribution < 1.29 is 0 Å². The van der Waals surface area contributed by atoms with Crippen molar-refractivity contribution in [3.63, 3.8) is 0 Å². The zero-order valence-corrected chi connectivity index (χ0v) is 15.4. The number of piperidine rings is 1. The lowest BCUT2D eigenvalue weighted by atomic mass is 10.1. The van der Waals surface area contributed by atoms with Crippen LogP contribution in [0, 0.1) is 6.92 Å². The highest BCUT2D eigenvalue weighted by atomic mass is 15.1. The Balaban J connectivity index is 1.65. The number of benzene rings is 1. The van der Waals surface area contributed by atoms with Crippen molar-refractivity contribution in [3.8, 4) is 0 Å². The quantitative estimate of drug-likeness (QED) is 0.714. The van der Waals surface area contributed by atoms with Gasteiger partial charge in [-0.15, -0.1) is 0 Å². The van der Waals surface area contributed by atoms with E-state index in [1.54, 1.807) is 0 Å². The van der Waals surface area contributed by atoms with Gasteiger partial charge in [-0.2, -0.15) is 4.98 Å². The molecule has 1 aliphatic heterocycles. The maximum atomic E-state index is 4.57. The Morgan fingerprint density at radius 2 is 1.80 bits per heavy atom. The van der Waals surface area contributed by atoms with Gasteiger partial charge in [0.1, 0.15) is 5.82 Å². The zero-order chi connectivity index (χ0) is 17.5. The number of rotatable bonds is 7. The Hall–Kier alpha value is -2.30. The Bertz CT molecular complexity index is 662. The molecule has 5 heteroatoms. The molecule has 134 valence electrons. The summed E-state index contributed by atoms with van der Waals surface area (Å²) >= 11 is 0. The second-order valence-corrected chi connectivity index (χ2v) is 6.72. The van der Waals surface area contributed by atoms with Crippen molar-refractivity contribution in [1.82, 2.24) is 9.97 Å². The smallest absolute Gasteiger partial charge is 0.224 e. The molecule has 3 rings (SSSR count). The third-order valence-electron chi connectivity index (χ3n) is 4.53. The zero-order valence-electron chi connectivity index (χ0n) is 15.4. The largest absolute Gasteiger partial charge is 0.372 e. The fourth-order valence-electron chi connectivity index (χ4n) is 3.14. The maximum Gasteiger partial charge on any atom is 0.224 e. The van der Waals surface area contributed by atoms with Crippen molar-refractivity contribution in [3.05, 3.63) is 36.0 Å². The van der Waals surface area contributed by atoms with Gasteiger partial charge in [-0.25, -0.2) is 4.98 Å². The molecule has 25 heavy (non-hydrogen) atoms. The topological polar surface area (TPSA) is 53.1 Å². The molecule has 0 spiro atoms. The van der Waals surface area contributed by atoms with Gasteiger partial charge in [-0.3, -0.25) is 0 Å². The summed E-state index contributed by atoms with van der Waals surface area (Å²) in [7, 11) is 0. The van der Waals surface area contributed by atoms with E-state index in [2.05, 4.69) is 56.7 Å². The number of aryl methyl sites for hydroxylation is 1. The van der Waals surface area contributed by atoms with Crippen LogP contribution in [0.3, 0.4) is 0 Å². The Morgan fingerprint density at radius 3 is 2.52 bits per heavy atom. The minimum absolute atomic E-state index is 0.695. The monoisotopic (exact) mass is 339 g/mol. The fourth-order valence-corrected chi connectivity index (χ4v) is 3.14. The van der Waals surface area contributed by atoms with Gasteiger partial charge >= 0.3 is 0 Å². The number of hydrogen-bond donors (Lipinski definition) is 2. The summed E-state index contributed by atoms with van der Waals surface area (Å²) in [6.45, 7) is 7.43. The molecule has 0 saturated carbocycles. The molecule has 1 fully saturated rings. The van der Waals surface area contributed by atoms with E-state index < -0.39 is 0 Å². The second kappa shape index (κ2) is 8.70. The lowest BCUT2D eigenvalue weighted by Crippen LogP contribution is -2.29. The minimum atomic E-state index is 0.695. The maximum absolute atomic E-state index is 4.57. The van der Waals surface area contributed by atoms with Crippen molar-refractivity contribution >= 4 is 23.1 Å². The summed E-state index contributed by atoms with van der Waals surface area (Å²) in [5.41, 5.74) is 3.32. The molecule has 1 aromatic heterocycles. The first kappa shape index (κ1) is 17.5. The Kier molecular flexibility index (Phi) is 6.09. The predicted octanol–water partition coefficient (Wildman–Crippen LogP) is 4.73. The summed E-state index contributed by atoms with van der Waals surface area (Å²) in [5.74, 6) is 1.53. The third-order valence-corrected chi connectivity index (χ3v) is 4.53. The molecule has 0 unspecified atom stereocenters. The van der Waals surface area contributed by atoms with Crippen molar-refractivity contribution in [2.24, 2.45) is 0 Å². The molecule has 0 bridgehead atoms. The molecule has 1 aliphatic rings. The number of anilines is 4. The highest BCUT2D eigenvalue weighted by Gasteiger charge is 2.10. The molecule has 0 aliphatic carbocycles. The van der Waals surface area contributed by atoms with E-state index in [0.717, 1.165) is 36.6 Å². The van der Waals surface area contributed by atoms with E-state index >= 15 is 0 Å². The number of hydrogen-bond acceptors (Lipinski definition) is 5. The normalized spacial score (nSPS) is 14.4. The average molecular weight is 339 g/mol. The lowest BCUT2D eigenvalue weighted by molar-refractivity contribution is 0.578. The van der Waals surface area contributed by atoms with Crippen molar-refractivity contribution in [2.75, 3.05) is 35.2 Å². The summed E-state index contributed by atoms with van der Waals surface area (Å²) in [5, 5.41) is 6.69. The van der Waals surface area contributed by atoms with Crippen LogP contribution in [0.4, 0.5) is 23.1 Å². The van der Waals surface area contributed by atoms with E-state index in [1.165, 1.54) is 38.0 Å². The lowest BCUT2D eigenvalue weighted by Gasteiger charge is -2.28. The van der Waals surface area contributed by atoms with Gasteiger partial charge < -0.3 is 15.5 Å². The Morgan fingerprint density at radius 1 is 1.04 bits per heavy atom. The number of unbranched alkanes of at least 4 members (excludes halogenated alkanes) is 1. The third kappa shape index (κ3) is 5.08. The van der Waals surface area contributed by atoms with Crippen LogP contribution in [0.1, 0.15) is 44.7 Å². The van der Waals surface area contributed by atoms with Crippen LogP contribution in [0.2, 0.25) is 0 Å². The van der Waals surface area contributed by atoms with Crippen molar-refractivity contribution in [2.45, 2.75) is 46.0 Å². The van der Waals surface area contributed by atoms with Crippen LogP contribution in [0.25, 0.3) is 0 Å². The van der Waals surface area contributed by atoms with E-state index in [9.17, 15) is 0 Å². The number of nitrogens with zero attached hydrogens (tertiary/aromatic N) is 3. The van der Waals surface area contributed by atoms with Crippen LogP contribution >= 0.6 is 0 Å². The second-order valence-electron chi connectivity index (χ2n) is 6.72. The molecular weight excluding hydrogens is 310 g/mol. The van der Waals surface area contributed by atoms with Crippen molar-refractivity contribution in [1.29, 1.82) is 0 Å². The standard InChI is InChI=1S/C20H29N5/c1-3-4-12-21-20-22-16(2)15-19(24-20)23-17-8-10-18(11-9-17)25-13-6-5-7-14-25/h8-11,15H,3-7,12-14H2,1-2H3,(H2,21,22,23,24). The molecule has 2 N–H and O–H groups in total. The van der Waals surface area contributed by atoms with Crippen LogP contribution in [-0.4, -0.2) is 29.6 Å². The molecule has 0 radical (unpaired) electrons. The van der Waals surface area contributed by atoms with Crippen LogP contribution < -0.4 is 15.5 Å². The van der Waals surface area contributed by atoms with E-state index in [4.69, 9.17) is 0 Å². The molecule has 2 aromatic rings. The van der Waals surface area contributed by atoms with Gasteiger partial charge in [0.2, 0.25) is 5.95 Å². The highest BCUT2D eigenvalue weighted by Crippen LogP contribution is 2.23. The molecule has 2 heterocycles. The first-order chi connectivity index (χ1) is 12.2. The minimum Gasteiger partial charge on any atom is -0.372 e. The first-order valence-electron chi connectivity index (χ1n) is 9.46. The van der Waals surface area contributed by atoms with Crippen LogP contribution in [0.15, 0.2) is 30.3 Å². The molecule has 1 aromatic carbocycles.